The lowest BCUT2D eigenvalue weighted by Crippen LogP contribution is -2.46. The maximum atomic E-state index is 12.5. The molecule has 0 radical (unpaired) electrons. The van der Waals surface area contributed by atoms with E-state index in [1.165, 1.54) is 0 Å². The summed E-state index contributed by atoms with van der Waals surface area (Å²) in [5.41, 5.74) is -0.845. The molecule has 0 aromatic heterocycles. The van der Waals surface area contributed by atoms with Crippen molar-refractivity contribution in [1.82, 2.24) is 15.5 Å². The fourth-order valence-electron chi connectivity index (χ4n) is 4.49. The Labute approximate surface area is 159 Å². The monoisotopic (exact) mass is 379 g/mol. The first-order valence-corrected chi connectivity index (χ1v) is 9.91. The Kier molecular flexibility index (Phi) is 5.72. The lowest BCUT2D eigenvalue weighted by atomic mass is 9.78. The molecular weight excluding hydrogens is 350 g/mol. The van der Waals surface area contributed by atoms with Gasteiger partial charge in [0.15, 0.2) is 6.61 Å². The zero-order valence-corrected chi connectivity index (χ0v) is 16.1. The summed E-state index contributed by atoms with van der Waals surface area (Å²) in [5, 5.41) is 5.64. The van der Waals surface area contributed by atoms with Gasteiger partial charge < -0.3 is 15.4 Å². The van der Waals surface area contributed by atoms with Crippen LogP contribution >= 0.6 is 0 Å². The van der Waals surface area contributed by atoms with Gasteiger partial charge >= 0.3 is 12.0 Å². The third kappa shape index (κ3) is 4.09. The number of imide groups is 1. The molecule has 2 N–H and O–H groups in total. The van der Waals surface area contributed by atoms with Crippen LogP contribution < -0.4 is 10.6 Å². The SMILES string of the molecule is C[C@H]1[C@@H](NC(=O)COC(=O)CN2C(=O)NC3(CCCC3)C2=O)CCC[C@@H]1C. The number of nitrogens with zero attached hydrogens (tertiary/aromatic N) is 1. The van der Waals surface area contributed by atoms with Crippen LogP contribution in [-0.2, 0) is 19.1 Å². The van der Waals surface area contributed by atoms with E-state index in [0.717, 1.165) is 37.0 Å². The number of carbonyl (C=O) groups excluding carboxylic acids is 4. The minimum absolute atomic E-state index is 0.0908. The first-order valence-electron chi connectivity index (χ1n) is 9.91. The summed E-state index contributed by atoms with van der Waals surface area (Å²) in [6.07, 6.45) is 6.12. The fourth-order valence-corrected chi connectivity index (χ4v) is 4.49. The minimum Gasteiger partial charge on any atom is -0.454 e. The largest absolute Gasteiger partial charge is 0.454 e. The summed E-state index contributed by atoms with van der Waals surface area (Å²) >= 11 is 0. The molecule has 0 aromatic rings. The van der Waals surface area contributed by atoms with E-state index >= 15 is 0 Å². The number of hydrogen-bond acceptors (Lipinski definition) is 5. The van der Waals surface area contributed by atoms with Gasteiger partial charge in [-0.05, 0) is 31.1 Å². The van der Waals surface area contributed by atoms with E-state index in [4.69, 9.17) is 4.74 Å². The van der Waals surface area contributed by atoms with E-state index in [0.29, 0.717) is 24.7 Å². The van der Waals surface area contributed by atoms with E-state index in [9.17, 15) is 19.2 Å². The predicted octanol–water partition coefficient (Wildman–Crippen LogP) is 1.34. The number of ether oxygens (including phenoxy) is 1. The summed E-state index contributed by atoms with van der Waals surface area (Å²) in [6.45, 7) is 3.44. The Morgan fingerprint density at radius 3 is 2.59 bits per heavy atom. The van der Waals surface area contributed by atoms with Crippen LogP contribution in [0.15, 0.2) is 0 Å². The Bertz CT molecular complexity index is 629. The summed E-state index contributed by atoms with van der Waals surface area (Å²) in [5.74, 6) is -0.537. The van der Waals surface area contributed by atoms with Crippen LogP contribution in [0.5, 0.6) is 0 Å². The van der Waals surface area contributed by atoms with Crippen molar-refractivity contribution in [3.63, 3.8) is 0 Å². The van der Waals surface area contributed by atoms with Crippen molar-refractivity contribution in [2.45, 2.75) is 70.4 Å². The van der Waals surface area contributed by atoms with Gasteiger partial charge in [-0.25, -0.2) is 4.79 Å². The number of carbonyl (C=O) groups is 4. The predicted molar refractivity (Wildman–Crippen MR) is 96.5 cm³/mol. The summed E-state index contributed by atoms with van der Waals surface area (Å²) < 4.78 is 4.99. The van der Waals surface area contributed by atoms with Crippen LogP contribution in [0.3, 0.4) is 0 Å². The number of esters is 1. The van der Waals surface area contributed by atoms with Gasteiger partial charge in [-0.2, -0.15) is 0 Å². The van der Waals surface area contributed by atoms with Gasteiger partial charge in [0, 0.05) is 6.04 Å². The lowest BCUT2D eigenvalue weighted by molar-refractivity contribution is -0.151. The van der Waals surface area contributed by atoms with Crippen LogP contribution in [0.25, 0.3) is 0 Å². The van der Waals surface area contributed by atoms with Crippen LogP contribution in [0.4, 0.5) is 4.79 Å². The Morgan fingerprint density at radius 1 is 1.19 bits per heavy atom. The molecule has 8 heteroatoms. The van der Waals surface area contributed by atoms with Crippen molar-refractivity contribution >= 4 is 23.8 Å². The van der Waals surface area contributed by atoms with Crippen molar-refractivity contribution in [3.05, 3.63) is 0 Å². The molecule has 1 spiro atoms. The Morgan fingerprint density at radius 2 is 1.89 bits per heavy atom. The highest BCUT2D eigenvalue weighted by Gasteiger charge is 2.52. The van der Waals surface area contributed by atoms with Gasteiger partial charge in [0.05, 0.1) is 0 Å². The molecule has 1 heterocycles. The van der Waals surface area contributed by atoms with Crippen LogP contribution in [0, 0.1) is 11.8 Å². The fraction of sp³-hybridized carbons (Fsp3) is 0.789. The van der Waals surface area contributed by atoms with Gasteiger partial charge in [-0.3, -0.25) is 19.3 Å². The highest BCUT2D eigenvalue weighted by Crippen LogP contribution is 2.35. The zero-order valence-electron chi connectivity index (χ0n) is 16.1. The van der Waals surface area contributed by atoms with Crippen molar-refractivity contribution in [1.29, 1.82) is 0 Å². The summed E-state index contributed by atoms with van der Waals surface area (Å²) in [7, 11) is 0. The van der Waals surface area contributed by atoms with Gasteiger partial charge in [0.2, 0.25) is 0 Å². The van der Waals surface area contributed by atoms with Gasteiger partial charge in [-0.15, -0.1) is 0 Å². The lowest BCUT2D eigenvalue weighted by Gasteiger charge is -2.34. The maximum absolute atomic E-state index is 12.5. The molecule has 3 rings (SSSR count). The van der Waals surface area contributed by atoms with E-state index in [-0.39, 0.29) is 17.9 Å². The topological polar surface area (TPSA) is 105 Å². The van der Waals surface area contributed by atoms with Crippen molar-refractivity contribution in [2.75, 3.05) is 13.2 Å². The molecule has 4 amide bonds. The normalized spacial score (nSPS) is 29.7. The van der Waals surface area contributed by atoms with Crippen molar-refractivity contribution in [3.8, 4) is 0 Å². The standard InChI is InChI=1S/C19H29N3O5/c1-12-6-5-7-14(13(12)2)20-15(23)11-27-16(24)10-22-17(25)19(21-18(22)26)8-3-4-9-19/h12-14H,3-11H2,1-2H3,(H,20,23)(H,21,26)/t12-,13+,14-/m0/s1. The van der Waals surface area contributed by atoms with Crippen LogP contribution in [0.1, 0.15) is 58.8 Å². The zero-order chi connectivity index (χ0) is 19.6. The molecule has 2 aliphatic carbocycles. The molecular formula is C19H29N3O5. The van der Waals surface area contributed by atoms with Gasteiger partial charge in [0.25, 0.3) is 11.8 Å². The molecule has 8 nitrogen and oxygen atoms in total. The number of urea groups is 1. The first-order chi connectivity index (χ1) is 12.8. The average Bonchev–Trinajstić information content (AvgIpc) is 3.18. The van der Waals surface area contributed by atoms with Crippen LogP contribution in [-0.4, -0.2) is 53.4 Å². The molecule has 3 aliphatic rings. The van der Waals surface area contributed by atoms with Gasteiger partial charge in [-0.1, -0.05) is 39.5 Å². The van der Waals surface area contributed by atoms with Gasteiger partial charge in [0.1, 0.15) is 12.1 Å². The number of nitrogens with one attached hydrogen (secondary N) is 2. The summed E-state index contributed by atoms with van der Waals surface area (Å²) in [6, 6.07) is -0.471. The van der Waals surface area contributed by atoms with Crippen LogP contribution in [0.2, 0.25) is 0 Å². The average molecular weight is 379 g/mol. The molecule has 0 aromatic carbocycles. The molecule has 150 valence electrons. The highest BCUT2D eigenvalue weighted by atomic mass is 16.5. The molecule has 1 saturated heterocycles. The number of rotatable bonds is 5. The molecule has 2 saturated carbocycles. The van der Waals surface area contributed by atoms with Crippen molar-refractivity contribution in [2.24, 2.45) is 11.8 Å². The number of hydrogen-bond donors (Lipinski definition) is 2. The molecule has 27 heavy (non-hydrogen) atoms. The molecule has 1 aliphatic heterocycles. The molecule has 3 atom stereocenters. The smallest absolute Gasteiger partial charge is 0.326 e. The third-order valence-electron chi connectivity index (χ3n) is 6.41. The third-order valence-corrected chi connectivity index (χ3v) is 6.41. The van der Waals surface area contributed by atoms with E-state index in [1.54, 1.807) is 0 Å². The van der Waals surface area contributed by atoms with E-state index in [1.807, 2.05) is 0 Å². The minimum atomic E-state index is -0.845. The maximum Gasteiger partial charge on any atom is 0.326 e. The van der Waals surface area contributed by atoms with Crippen molar-refractivity contribution < 1.29 is 23.9 Å². The quantitative estimate of drug-likeness (QED) is 0.554. The summed E-state index contributed by atoms with van der Waals surface area (Å²) in [4.78, 5) is 49.6. The second-order valence-corrected chi connectivity index (χ2v) is 8.21. The second-order valence-electron chi connectivity index (χ2n) is 8.21. The Hall–Kier alpha value is -2.12. The molecule has 0 unspecified atom stereocenters. The highest BCUT2D eigenvalue weighted by molar-refractivity contribution is 6.08. The molecule has 3 fully saturated rings. The molecule has 0 bridgehead atoms. The first kappa shape index (κ1) is 19.6. The van der Waals surface area contributed by atoms with E-state index < -0.39 is 30.7 Å². The second kappa shape index (κ2) is 7.86. The number of amides is 4. The Balaban J connectivity index is 1.45. The van der Waals surface area contributed by atoms with E-state index in [2.05, 4.69) is 24.5 Å².